The van der Waals surface area contributed by atoms with Crippen molar-refractivity contribution in [1.29, 1.82) is 0 Å². The fourth-order valence-electron chi connectivity index (χ4n) is 2.91. The van der Waals surface area contributed by atoms with E-state index in [0.717, 1.165) is 5.56 Å². The summed E-state index contributed by atoms with van der Waals surface area (Å²) in [6.45, 7) is 6.22. The molecule has 7 heteroatoms. The van der Waals surface area contributed by atoms with E-state index in [-0.39, 0.29) is 23.8 Å². The van der Waals surface area contributed by atoms with Crippen LogP contribution in [0.4, 0.5) is 5.69 Å². The number of sulfonamides is 1. The Bertz CT molecular complexity index is 924. The fraction of sp³-hybridized carbons (Fsp3) is 0.381. The molecule has 0 aliphatic rings. The van der Waals surface area contributed by atoms with Crippen molar-refractivity contribution >= 4 is 21.6 Å². The number of hydrogen-bond donors (Lipinski definition) is 0. The number of carbonyl (C=O) groups excluding carboxylic acids is 1. The van der Waals surface area contributed by atoms with Crippen LogP contribution >= 0.6 is 0 Å². The Labute approximate surface area is 167 Å². The van der Waals surface area contributed by atoms with Gasteiger partial charge in [0, 0.05) is 26.6 Å². The first-order valence-corrected chi connectivity index (χ1v) is 10.6. The molecular weight excluding hydrogens is 376 g/mol. The maximum atomic E-state index is 13.4. The zero-order valence-corrected chi connectivity index (χ0v) is 17.9. The lowest BCUT2D eigenvalue weighted by atomic mass is 10.2. The van der Waals surface area contributed by atoms with E-state index in [1.807, 2.05) is 19.9 Å². The molecule has 0 radical (unpaired) electrons. The van der Waals surface area contributed by atoms with Crippen LogP contribution in [0.15, 0.2) is 47.4 Å². The first kappa shape index (κ1) is 21.8. The van der Waals surface area contributed by atoms with Crippen LogP contribution < -0.4 is 9.04 Å². The number of hydrogen-bond acceptors (Lipinski definition) is 4. The van der Waals surface area contributed by atoms with Crippen molar-refractivity contribution in [2.24, 2.45) is 0 Å². The molecular formula is C21H28N2O4S. The van der Waals surface area contributed by atoms with Gasteiger partial charge in [0.05, 0.1) is 17.7 Å². The van der Waals surface area contributed by atoms with E-state index >= 15 is 0 Å². The number of ether oxygens (including phenoxy) is 1. The average molecular weight is 405 g/mol. The van der Waals surface area contributed by atoms with Crippen LogP contribution in [-0.2, 0) is 14.8 Å². The first-order valence-electron chi connectivity index (χ1n) is 9.18. The number of methoxy groups -OCH3 is 1. The molecule has 152 valence electrons. The molecule has 0 aromatic heterocycles. The van der Waals surface area contributed by atoms with Crippen LogP contribution in [0, 0.1) is 13.8 Å². The maximum absolute atomic E-state index is 13.4. The summed E-state index contributed by atoms with van der Waals surface area (Å²) in [6, 6.07) is 12.0. The molecule has 0 fully saturated rings. The lowest BCUT2D eigenvalue weighted by molar-refractivity contribution is -0.129. The van der Waals surface area contributed by atoms with Crippen molar-refractivity contribution in [1.82, 2.24) is 4.90 Å². The van der Waals surface area contributed by atoms with E-state index in [2.05, 4.69) is 0 Å². The molecule has 0 N–H and O–H groups in total. The van der Waals surface area contributed by atoms with E-state index in [4.69, 9.17) is 4.74 Å². The molecule has 2 rings (SSSR count). The zero-order chi connectivity index (χ0) is 20.9. The molecule has 2 aromatic rings. The molecule has 0 saturated heterocycles. The SMILES string of the molecule is CCN(C)C(=O)CCN(c1ccc(OC)cc1)S(=O)(=O)c1ccc(C)cc1C. The minimum Gasteiger partial charge on any atom is -0.497 e. The van der Waals surface area contributed by atoms with Gasteiger partial charge in [0.1, 0.15) is 5.75 Å². The van der Waals surface area contributed by atoms with Crippen molar-refractivity contribution < 1.29 is 17.9 Å². The molecule has 0 aliphatic heterocycles. The van der Waals surface area contributed by atoms with Crippen LogP contribution in [0.25, 0.3) is 0 Å². The van der Waals surface area contributed by atoms with Crippen LogP contribution in [0.3, 0.4) is 0 Å². The Hall–Kier alpha value is -2.54. The fourth-order valence-corrected chi connectivity index (χ4v) is 4.58. The third kappa shape index (κ3) is 4.84. The van der Waals surface area contributed by atoms with Crippen LogP contribution in [0.5, 0.6) is 5.75 Å². The summed E-state index contributed by atoms with van der Waals surface area (Å²) in [5, 5.41) is 0. The molecule has 0 saturated carbocycles. The highest BCUT2D eigenvalue weighted by molar-refractivity contribution is 7.92. The Balaban J connectivity index is 2.45. The summed E-state index contributed by atoms with van der Waals surface area (Å²) in [6.07, 6.45) is 0.0977. The number of carbonyl (C=O) groups is 1. The molecule has 0 heterocycles. The predicted molar refractivity (Wildman–Crippen MR) is 111 cm³/mol. The topological polar surface area (TPSA) is 66.9 Å². The molecule has 0 aliphatic carbocycles. The smallest absolute Gasteiger partial charge is 0.264 e. The molecule has 0 unspecified atom stereocenters. The van der Waals surface area contributed by atoms with Gasteiger partial charge in [0.2, 0.25) is 5.91 Å². The minimum atomic E-state index is -3.83. The molecule has 2 aromatic carbocycles. The summed E-state index contributed by atoms with van der Waals surface area (Å²) in [5.41, 5.74) is 2.16. The second-order valence-corrected chi connectivity index (χ2v) is 8.53. The van der Waals surface area contributed by atoms with Gasteiger partial charge in [-0.25, -0.2) is 8.42 Å². The molecule has 1 amide bonds. The molecule has 28 heavy (non-hydrogen) atoms. The lowest BCUT2D eigenvalue weighted by Gasteiger charge is -2.26. The largest absolute Gasteiger partial charge is 0.497 e. The zero-order valence-electron chi connectivity index (χ0n) is 17.1. The minimum absolute atomic E-state index is 0.0607. The van der Waals surface area contributed by atoms with Gasteiger partial charge in [-0.1, -0.05) is 17.7 Å². The third-order valence-corrected chi connectivity index (χ3v) is 6.68. The number of aryl methyl sites for hydroxylation is 2. The van der Waals surface area contributed by atoms with Crippen LogP contribution in [0.1, 0.15) is 24.5 Å². The number of benzene rings is 2. The summed E-state index contributed by atoms with van der Waals surface area (Å²) < 4.78 is 33.3. The number of rotatable bonds is 8. The second kappa shape index (κ2) is 9.10. The molecule has 0 bridgehead atoms. The number of nitrogens with zero attached hydrogens (tertiary/aromatic N) is 2. The van der Waals surface area contributed by atoms with Gasteiger partial charge in [0.15, 0.2) is 0 Å². The lowest BCUT2D eigenvalue weighted by Crippen LogP contribution is -2.36. The molecule has 0 spiro atoms. The molecule has 6 nitrogen and oxygen atoms in total. The van der Waals surface area contributed by atoms with Gasteiger partial charge >= 0.3 is 0 Å². The van der Waals surface area contributed by atoms with Crippen molar-refractivity contribution in [3.63, 3.8) is 0 Å². The van der Waals surface area contributed by atoms with Crippen molar-refractivity contribution in [3.05, 3.63) is 53.6 Å². The van der Waals surface area contributed by atoms with Gasteiger partial charge in [-0.15, -0.1) is 0 Å². The van der Waals surface area contributed by atoms with E-state index in [1.165, 1.54) is 4.31 Å². The van der Waals surface area contributed by atoms with Crippen molar-refractivity contribution in [3.8, 4) is 5.75 Å². The number of anilines is 1. The molecule has 0 atom stereocenters. The quantitative estimate of drug-likeness (QED) is 0.677. The van der Waals surface area contributed by atoms with Gasteiger partial charge in [-0.05, 0) is 56.7 Å². The summed E-state index contributed by atoms with van der Waals surface area (Å²) in [7, 11) is -0.566. The highest BCUT2D eigenvalue weighted by Crippen LogP contribution is 2.28. The normalized spacial score (nSPS) is 11.2. The number of amides is 1. The van der Waals surface area contributed by atoms with Crippen LogP contribution in [0.2, 0.25) is 0 Å². The Morgan fingerprint density at radius 3 is 2.25 bits per heavy atom. The van der Waals surface area contributed by atoms with Gasteiger partial charge in [-0.3, -0.25) is 9.10 Å². The highest BCUT2D eigenvalue weighted by atomic mass is 32.2. The third-order valence-electron chi connectivity index (χ3n) is 4.69. The van der Waals surface area contributed by atoms with Gasteiger partial charge < -0.3 is 9.64 Å². The Kier molecular flexibility index (Phi) is 7.07. The summed E-state index contributed by atoms with van der Waals surface area (Å²) in [5.74, 6) is 0.534. The van der Waals surface area contributed by atoms with Crippen molar-refractivity contribution in [2.75, 3.05) is 31.6 Å². The average Bonchev–Trinajstić information content (AvgIpc) is 2.67. The maximum Gasteiger partial charge on any atom is 0.264 e. The van der Waals surface area contributed by atoms with E-state index in [1.54, 1.807) is 62.4 Å². The van der Waals surface area contributed by atoms with Gasteiger partial charge in [0.25, 0.3) is 10.0 Å². The monoisotopic (exact) mass is 404 g/mol. The van der Waals surface area contributed by atoms with E-state index in [0.29, 0.717) is 23.5 Å². The van der Waals surface area contributed by atoms with Crippen molar-refractivity contribution in [2.45, 2.75) is 32.1 Å². The van der Waals surface area contributed by atoms with Gasteiger partial charge in [-0.2, -0.15) is 0 Å². The van der Waals surface area contributed by atoms with Crippen LogP contribution in [-0.4, -0.2) is 46.5 Å². The standard InChI is InChI=1S/C21H28N2O4S/c1-6-22(4)21(24)13-14-23(18-8-10-19(27-5)11-9-18)28(25,26)20-12-7-16(2)15-17(20)3/h7-12,15H,6,13-14H2,1-5H3. The predicted octanol–water partition coefficient (Wildman–Crippen LogP) is 3.38. The Morgan fingerprint density at radius 1 is 1.07 bits per heavy atom. The van der Waals surface area contributed by atoms with E-state index in [9.17, 15) is 13.2 Å². The first-order chi connectivity index (χ1) is 13.2. The highest BCUT2D eigenvalue weighted by Gasteiger charge is 2.27. The van der Waals surface area contributed by atoms with E-state index < -0.39 is 10.0 Å². The summed E-state index contributed by atoms with van der Waals surface area (Å²) >= 11 is 0. The summed E-state index contributed by atoms with van der Waals surface area (Å²) in [4.78, 5) is 14.1. The second-order valence-electron chi connectivity index (χ2n) is 6.70. The Morgan fingerprint density at radius 2 is 1.71 bits per heavy atom.